The van der Waals surface area contributed by atoms with Gasteiger partial charge in [-0.1, -0.05) is 6.08 Å². The first-order valence-corrected chi connectivity index (χ1v) is 8.94. The first kappa shape index (κ1) is 17.4. The van der Waals surface area contributed by atoms with Gasteiger partial charge in [0.2, 0.25) is 0 Å². The van der Waals surface area contributed by atoms with Gasteiger partial charge in [-0.25, -0.2) is 13.8 Å². The highest BCUT2D eigenvalue weighted by Gasteiger charge is 2.34. The number of hydrogen-bond acceptors (Lipinski definition) is 4. The number of fused-ring (bicyclic) bond motifs is 2. The first-order chi connectivity index (χ1) is 14.0. The summed E-state index contributed by atoms with van der Waals surface area (Å²) >= 11 is 0. The highest BCUT2D eigenvalue weighted by atomic mass is 19.1. The minimum Gasteiger partial charge on any atom is -0.496 e. The molecule has 0 bridgehead atoms. The quantitative estimate of drug-likeness (QED) is 0.727. The molecule has 0 fully saturated rings. The number of anilines is 1. The summed E-state index contributed by atoms with van der Waals surface area (Å²) in [6, 6.07) is 6.63. The van der Waals surface area contributed by atoms with Crippen LogP contribution >= 0.6 is 0 Å². The fourth-order valence-corrected chi connectivity index (χ4v) is 3.79. The molecule has 2 aromatic carbocycles. The van der Waals surface area contributed by atoms with Crippen LogP contribution in [0.3, 0.4) is 0 Å². The summed E-state index contributed by atoms with van der Waals surface area (Å²) in [5.74, 6) is -1.09. The van der Waals surface area contributed by atoms with Gasteiger partial charge < -0.3 is 15.4 Å². The zero-order chi connectivity index (χ0) is 20.3. The number of allylic oxidation sites excluding steroid dienone is 3. The normalized spacial score (nSPS) is 14.8. The van der Waals surface area contributed by atoms with Gasteiger partial charge in [0.25, 0.3) is 5.91 Å². The molecule has 0 spiro atoms. The number of aromatic nitrogens is 1. The SMILES string of the molecule is COc1cc(F)ccc1-c1c(F)ccc2c(N)c3c(nc12)CN(C1=CC=C1)C3=O. The number of ether oxygens (including phenoxy) is 1. The average molecular weight is 391 g/mol. The van der Waals surface area contributed by atoms with Gasteiger partial charge in [0.15, 0.2) is 0 Å². The van der Waals surface area contributed by atoms with Gasteiger partial charge in [0.1, 0.15) is 17.4 Å². The molecule has 1 aromatic heterocycles. The minimum atomic E-state index is -0.542. The van der Waals surface area contributed by atoms with Crippen LogP contribution in [0.2, 0.25) is 0 Å². The second-order valence-electron chi connectivity index (χ2n) is 6.85. The van der Waals surface area contributed by atoms with Crippen LogP contribution in [0.15, 0.2) is 54.3 Å². The van der Waals surface area contributed by atoms with Crippen molar-refractivity contribution in [2.75, 3.05) is 12.8 Å². The van der Waals surface area contributed by atoms with E-state index in [2.05, 4.69) is 4.98 Å². The van der Waals surface area contributed by atoms with Crippen molar-refractivity contribution in [1.82, 2.24) is 9.88 Å². The largest absolute Gasteiger partial charge is 0.496 e. The van der Waals surface area contributed by atoms with Crippen molar-refractivity contribution >= 4 is 22.5 Å². The van der Waals surface area contributed by atoms with Gasteiger partial charge >= 0.3 is 0 Å². The van der Waals surface area contributed by atoms with E-state index in [1.807, 2.05) is 18.2 Å². The van der Waals surface area contributed by atoms with E-state index in [0.717, 1.165) is 5.70 Å². The Morgan fingerprint density at radius 3 is 2.66 bits per heavy atom. The number of carbonyl (C=O) groups is 1. The maximum atomic E-state index is 14.9. The molecule has 5 rings (SSSR count). The predicted octanol–water partition coefficient (Wildman–Crippen LogP) is 4.18. The van der Waals surface area contributed by atoms with Crippen LogP contribution in [0.1, 0.15) is 16.1 Å². The first-order valence-electron chi connectivity index (χ1n) is 8.94. The second kappa shape index (κ2) is 6.13. The molecular weight excluding hydrogens is 376 g/mol. The molecule has 1 amide bonds. The van der Waals surface area contributed by atoms with E-state index >= 15 is 0 Å². The molecule has 1 aliphatic heterocycles. The van der Waals surface area contributed by atoms with E-state index in [0.29, 0.717) is 27.7 Å². The molecule has 0 saturated heterocycles. The standard InChI is InChI=1S/C22H15F2N3O2/c1-29-17-9-11(23)5-6-13(17)18-15(24)8-7-14-20(25)19-16(26-21(14)18)10-27(22(19)28)12-3-2-4-12/h2-9H,10H2,1H3,(H2,25,26). The number of nitrogens with zero attached hydrogens (tertiary/aromatic N) is 2. The molecule has 2 heterocycles. The van der Waals surface area contributed by atoms with Gasteiger partial charge in [-0.2, -0.15) is 0 Å². The molecule has 1 aliphatic carbocycles. The van der Waals surface area contributed by atoms with E-state index in [1.54, 1.807) is 4.90 Å². The van der Waals surface area contributed by atoms with Crippen LogP contribution in [-0.4, -0.2) is 22.9 Å². The van der Waals surface area contributed by atoms with Crippen molar-refractivity contribution < 1.29 is 18.3 Å². The fraction of sp³-hybridized carbons (Fsp3) is 0.0909. The van der Waals surface area contributed by atoms with E-state index in [9.17, 15) is 13.6 Å². The molecule has 0 unspecified atom stereocenters. The molecule has 7 heteroatoms. The van der Waals surface area contributed by atoms with Gasteiger partial charge in [-0.15, -0.1) is 0 Å². The van der Waals surface area contributed by atoms with Gasteiger partial charge in [0.05, 0.1) is 36.1 Å². The third-order valence-corrected chi connectivity index (χ3v) is 5.27. The monoisotopic (exact) mass is 391 g/mol. The summed E-state index contributed by atoms with van der Waals surface area (Å²) in [5, 5.41) is 0.458. The summed E-state index contributed by atoms with van der Waals surface area (Å²) in [5.41, 5.74) is 9.00. The molecule has 144 valence electrons. The Labute approximate surface area is 164 Å². The lowest BCUT2D eigenvalue weighted by Gasteiger charge is -2.19. The van der Waals surface area contributed by atoms with E-state index in [-0.39, 0.29) is 29.5 Å². The lowest BCUT2D eigenvalue weighted by Crippen LogP contribution is -2.24. The predicted molar refractivity (Wildman–Crippen MR) is 105 cm³/mol. The second-order valence-corrected chi connectivity index (χ2v) is 6.85. The summed E-state index contributed by atoms with van der Waals surface area (Å²) in [6.07, 6.45) is 5.50. The number of carbonyl (C=O) groups excluding carboxylic acids is 1. The number of nitrogens with two attached hydrogens (primary N) is 1. The smallest absolute Gasteiger partial charge is 0.262 e. The van der Waals surface area contributed by atoms with Crippen molar-refractivity contribution in [3.05, 3.63) is 77.1 Å². The number of methoxy groups -OCH3 is 1. The Bertz CT molecular complexity index is 1280. The Hall–Kier alpha value is -3.74. The molecule has 2 N–H and O–H groups in total. The Morgan fingerprint density at radius 2 is 1.97 bits per heavy atom. The maximum absolute atomic E-state index is 14.9. The molecular formula is C22H15F2N3O2. The average Bonchev–Trinajstić information content (AvgIpc) is 2.97. The lowest BCUT2D eigenvalue weighted by atomic mass is 9.97. The highest BCUT2D eigenvalue weighted by molar-refractivity contribution is 6.12. The van der Waals surface area contributed by atoms with Crippen molar-refractivity contribution in [3.63, 3.8) is 0 Å². The number of halogens is 2. The Balaban J connectivity index is 1.77. The number of pyridine rings is 1. The van der Waals surface area contributed by atoms with Crippen LogP contribution in [0, 0.1) is 11.6 Å². The summed E-state index contributed by atoms with van der Waals surface area (Å²) in [4.78, 5) is 19.0. The molecule has 2 aliphatic rings. The number of hydrogen-bond donors (Lipinski definition) is 1. The lowest BCUT2D eigenvalue weighted by molar-refractivity contribution is 0.0831. The molecule has 5 nitrogen and oxygen atoms in total. The molecule has 0 saturated carbocycles. The van der Waals surface area contributed by atoms with Crippen molar-refractivity contribution in [1.29, 1.82) is 0 Å². The van der Waals surface area contributed by atoms with Gasteiger partial charge in [-0.3, -0.25) is 4.79 Å². The Morgan fingerprint density at radius 1 is 1.17 bits per heavy atom. The van der Waals surface area contributed by atoms with Gasteiger partial charge in [0, 0.05) is 28.3 Å². The number of amides is 1. The summed E-state index contributed by atoms with van der Waals surface area (Å²) < 4.78 is 33.8. The van der Waals surface area contributed by atoms with Crippen LogP contribution in [0.5, 0.6) is 5.75 Å². The number of benzene rings is 2. The molecule has 0 radical (unpaired) electrons. The fourth-order valence-electron chi connectivity index (χ4n) is 3.79. The summed E-state index contributed by atoms with van der Waals surface area (Å²) in [6.45, 7) is 0.251. The maximum Gasteiger partial charge on any atom is 0.262 e. The summed E-state index contributed by atoms with van der Waals surface area (Å²) in [7, 11) is 1.39. The van der Waals surface area contributed by atoms with Crippen LogP contribution in [0.25, 0.3) is 22.0 Å². The number of nitrogen functional groups attached to an aromatic ring is 1. The minimum absolute atomic E-state index is 0.155. The van der Waals surface area contributed by atoms with Crippen LogP contribution < -0.4 is 10.5 Å². The third kappa shape index (κ3) is 2.44. The van der Waals surface area contributed by atoms with E-state index in [4.69, 9.17) is 10.5 Å². The zero-order valence-corrected chi connectivity index (χ0v) is 15.4. The van der Waals surface area contributed by atoms with Crippen LogP contribution in [-0.2, 0) is 6.54 Å². The molecule has 29 heavy (non-hydrogen) atoms. The highest BCUT2D eigenvalue weighted by Crippen LogP contribution is 2.41. The van der Waals surface area contributed by atoms with Crippen LogP contribution in [0.4, 0.5) is 14.5 Å². The van der Waals surface area contributed by atoms with Gasteiger partial charge in [-0.05, 0) is 36.4 Å². The third-order valence-electron chi connectivity index (χ3n) is 5.27. The topological polar surface area (TPSA) is 68.5 Å². The molecule has 3 aromatic rings. The Kier molecular flexibility index (Phi) is 3.67. The number of rotatable bonds is 3. The van der Waals surface area contributed by atoms with E-state index < -0.39 is 11.6 Å². The van der Waals surface area contributed by atoms with Crippen molar-refractivity contribution in [2.24, 2.45) is 0 Å². The van der Waals surface area contributed by atoms with Crippen molar-refractivity contribution in [3.8, 4) is 16.9 Å². The van der Waals surface area contributed by atoms with Crippen molar-refractivity contribution in [2.45, 2.75) is 6.54 Å². The van der Waals surface area contributed by atoms with E-state index in [1.165, 1.54) is 37.4 Å². The molecule has 0 atom stereocenters. The zero-order valence-electron chi connectivity index (χ0n) is 15.4.